The van der Waals surface area contributed by atoms with Gasteiger partial charge in [0.15, 0.2) is 0 Å². The fourth-order valence-corrected chi connectivity index (χ4v) is 4.69. The maximum atomic E-state index is 10.4. The van der Waals surface area contributed by atoms with Gasteiger partial charge in [0.1, 0.15) is 0 Å². The van der Waals surface area contributed by atoms with Crippen LogP contribution in [0, 0.1) is 23.7 Å². The van der Waals surface area contributed by atoms with E-state index in [-0.39, 0.29) is 6.10 Å². The third-order valence-corrected chi connectivity index (χ3v) is 5.62. The lowest BCUT2D eigenvalue weighted by Crippen LogP contribution is -2.27. The molecule has 1 nitrogen and oxygen atoms in total. The standard InChI is InChI=1S/C15H26O/c16-15(12-4-2-1-3-5-12)10-14-9-11-6-7-13(14)8-11/h11-16H,1-10H2. The molecule has 4 unspecified atom stereocenters. The van der Waals surface area contributed by atoms with Gasteiger partial charge in [-0.1, -0.05) is 25.7 Å². The van der Waals surface area contributed by atoms with Crippen LogP contribution < -0.4 is 0 Å². The highest BCUT2D eigenvalue weighted by Crippen LogP contribution is 2.50. The molecule has 3 aliphatic rings. The molecule has 0 aliphatic heterocycles. The molecule has 3 fully saturated rings. The highest BCUT2D eigenvalue weighted by atomic mass is 16.3. The fraction of sp³-hybridized carbons (Fsp3) is 1.00. The molecular formula is C15H26O. The number of aliphatic hydroxyl groups is 1. The van der Waals surface area contributed by atoms with Crippen LogP contribution in [0.4, 0.5) is 0 Å². The normalized spacial score (nSPS) is 41.4. The van der Waals surface area contributed by atoms with Crippen LogP contribution in [-0.4, -0.2) is 11.2 Å². The SMILES string of the molecule is OC(CC1CC2CCC1C2)C1CCCCC1. The number of fused-ring (bicyclic) bond motifs is 2. The lowest BCUT2D eigenvalue weighted by atomic mass is 9.78. The third kappa shape index (κ3) is 2.16. The zero-order chi connectivity index (χ0) is 11.0. The minimum atomic E-state index is 0.0321. The predicted molar refractivity (Wildman–Crippen MR) is 66.1 cm³/mol. The molecule has 1 N–H and O–H groups in total. The summed E-state index contributed by atoms with van der Waals surface area (Å²) in [5.41, 5.74) is 0. The average molecular weight is 222 g/mol. The van der Waals surface area contributed by atoms with Crippen molar-refractivity contribution >= 4 is 0 Å². The van der Waals surface area contributed by atoms with Gasteiger partial charge < -0.3 is 5.11 Å². The summed E-state index contributed by atoms with van der Waals surface area (Å²) in [5, 5.41) is 10.4. The molecule has 0 spiro atoms. The highest BCUT2D eigenvalue weighted by molar-refractivity contribution is 4.91. The van der Waals surface area contributed by atoms with Gasteiger partial charge in [-0.2, -0.15) is 0 Å². The molecule has 0 aromatic carbocycles. The molecule has 0 aromatic rings. The van der Waals surface area contributed by atoms with E-state index in [1.165, 1.54) is 57.8 Å². The molecule has 2 bridgehead atoms. The lowest BCUT2D eigenvalue weighted by Gasteiger charge is -2.31. The first-order valence-electron chi connectivity index (χ1n) is 7.51. The van der Waals surface area contributed by atoms with Crippen LogP contribution in [0.2, 0.25) is 0 Å². The maximum Gasteiger partial charge on any atom is 0.0571 e. The molecule has 4 atom stereocenters. The van der Waals surface area contributed by atoms with Crippen molar-refractivity contribution in [1.82, 2.24) is 0 Å². The molecule has 16 heavy (non-hydrogen) atoms. The van der Waals surface area contributed by atoms with Crippen LogP contribution in [0.25, 0.3) is 0 Å². The number of hydrogen-bond donors (Lipinski definition) is 1. The van der Waals surface area contributed by atoms with E-state index in [1.54, 1.807) is 0 Å². The van der Waals surface area contributed by atoms with E-state index in [1.807, 2.05) is 0 Å². The molecule has 3 aliphatic carbocycles. The Morgan fingerprint density at radius 2 is 1.75 bits per heavy atom. The molecule has 0 aromatic heterocycles. The quantitative estimate of drug-likeness (QED) is 0.771. The zero-order valence-electron chi connectivity index (χ0n) is 10.4. The Kier molecular flexibility index (Phi) is 3.24. The van der Waals surface area contributed by atoms with Crippen molar-refractivity contribution in [1.29, 1.82) is 0 Å². The van der Waals surface area contributed by atoms with Crippen molar-refractivity contribution in [3.8, 4) is 0 Å². The van der Waals surface area contributed by atoms with Gasteiger partial charge in [0.05, 0.1) is 6.10 Å². The van der Waals surface area contributed by atoms with Crippen molar-refractivity contribution < 1.29 is 5.11 Å². The summed E-state index contributed by atoms with van der Waals surface area (Å²) < 4.78 is 0. The van der Waals surface area contributed by atoms with Gasteiger partial charge in [0.2, 0.25) is 0 Å². The topological polar surface area (TPSA) is 20.2 Å². The van der Waals surface area contributed by atoms with E-state index in [9.17, 15) is 5.11 Å². The first-order valence-corrected chi connectivity index (χ1v) is 7.51. The summed E-state index contributed by atoms with van der Waals surface area (Å²) in [4.78, 5) is 0. The van der Waals surface area contributed by atoms with Gasteiger partial charge in [-0.15, -0.1) is 0 Å². The average Bonchev–Trinajstić information content (AvgIpc) is 2.92. The molecule has 0 saturated heterocycles. The molecule has 92 valence electrons. The van der Waals surface area contributed by atoms with Crippen molar-refractivity contribution in [2.24, 2.45) is 23.7 Å². The Morgan fingerprint density at radius 1 is 0.938 bits per heavy atom. The van der Waals surface area contributed by atoms with Gasteiger partial charge in [-0.3, -0.25) is 0 Å². The van der Waals surface area contributed by atoms with Crippen LogP contribution in [0.15, 0.2) is 0 Å². The molecular weight excluding hydrogens is 196 g/mol. The van der Waals surface area contributed by atoms with E-state index in [0.29, 0.717) is 5.92 Å². The predicted octanol–water partition coefficient (Wildman–Crippen LogP) is 3.75. The Hall–Kier alpha value is -0.0400. The summed E-state index contributed by atoms with van der Waals surface area (Å²) in [7, 11) is 0. The summed E-state index contributed by atoms with van der Waals surface area (Å²) in [6.07, 6.45) is 13.7. The van der Waals surface area contributed by atoms with Crippen LogP contribution >= 0.6 is 0 Å². The number of rotatable bonds is 3. The van der Waals surface area contributed by atoms with Crippen LogP contribution in [-0.2, 0) is 0 Å². The van der Waals surface area contributed by atoms with E-state index in [2.05, 4.69) is 0 Å². The second-order valence-electron chi connectivity index (χ2n) is 6.64. The van der Waals surface area contributed by atoms with Crippen molar-refractivity contribution in [3.05, 3.63) is 0 Å². The minimum Gasteiger partial charge on any atom is -0.393 e. The Balaban J connectivity index is 1.50. The van der Waals surface area contributed by atoms with Crippen molar-refractivity contribution in [2.45, 2.75) is 70.3 Å². The summed E-state index contributed by atoms with van der Waals surface area (Å²) in [6, 6.07) is 0. The van der Waals surface area contributed by atoms with Gasteiger partial charge in [0, 0.05) is 0 Å². The second-order valence-corrected chi connectivity index (χ2v) is 6.64. The summed E-state index contributed by atoms with van der Waals surface area (Å²) >= 11 is 0. The summed E-state index contributed by atoms with van der Waals surface area (Å²) in [6.45, 7) is 0. The minimum absolute atomic E-state index is 0.0321. The van der Waals surface area contributed by atoms with E-state index in [0.717, 1.165) is 24.2 Å². The van der Waals surface area contributed by atoms with E-state index < -0.39 is 0 Å². The van der Waals surface area contributed by atoms with E-state index in [4.69, 9.17) is 0 Å². The monoisotopic (exact) mass is 222 g/mol. The Morgan fingerprint density at radius 3 is 2.38 bits per heavy atom. The van der Waals surface area contributed by atoms with Gasteiger partial charge in [0.25, 0.3) is 0 Å². The maximum absolute atomic E-state index is 10.4. The molecule has 3 rings (SSSR count). The molecule has 0 amide bonds. The van der Waals surface area contributed by atoms with Crippen LogP contribution in [0.3, 0.4) is 0 Å². The second kappa shape index (κ2) is 4.68. The van der Waals surface area contributed by atoms with Crippen molar-refractivity contribution in [3.63, 3.8) is 0 Å². The lowest BCUT2D eigenvalue weighted by molar-refractivity contribution is 0.0531. The number of hydrogen-bond acceptors (Lipinski definition) is 1. The smallest absolute Gasteiger partial charge is 0.0571 e. The largest absolute Gasteiger partial charge is 0.393 e. The van der Waals surface area contributed by atoms with Gasteiger partial charge >= 0.3 is 0 Å². The Bertz CT molecular complexity index is 232. The van der Waals surface area contributed by atoms with Crippen LogP contribution in [0.1, 0.15) is 64.2 Å². The molecule has 3 saturated carbocycles. The third-order valence-electron chi connectivity index (χ3n) is 5.62. The molecule has 0 heterocycles. The molecule has 0 radical (unpaired) electrons. The zero-order valence-corrected chi connectivity index (χ0v) is 10.4. The van der Waals surface area contributed by atoms with Crippen molar-refractivity contribution in [2.75, 3.05) is 0 Å². The van der Waals surface area contributed by atoms with Gasteiger partial charge in [-0.05, 0) is 62.2 Å². The first kappa shape index (κ1) is 11.1. The van der Waals surface area contributed by atoms with Crippen LogP contribution in [0.5, 0.6) is 0 Å². The highest BCUT2D eigenvalue weighted by Gasteiger charge is 2.40. The fourth-order valence-electron chi connectivity index (χ4n) is 4.69. The first-order chi connectivity index (χ1) is 7.83. The van der Waals surface area contributed by atoms with E-state index >= 15 is 0 Å². The van der Waals surface area contributed by atoms with Gasteiger partial charge in [-0.25, -0.2) is 0 Å². The molecule has 1 heteroatoms. The summed E-state index contributed by atoms with van der Waals surface area (Å²) in [5.74, 6) is 3.56. The number of aliphatic hydroxyl groups excluding tert-OH is 1. The Labute approximate surface area is 99.6 Å².